The average Bonchev–Trinajstić information content (AvgIpc) is 3.16. The van der Waals surface area contributed by atoms with Crippen molar-refractivity contribution in [3.63, 3.8) is 0 Å². The van der Waals surface area contributed by atoms with Gasteiger partial charge >= 0.3 is 0 Å². The maximum atomic E-state index is 10.4. The third kappa shape index (κ3) is 2.36. The van der Waals surface area contributed by atoms with E-state index in [1.54, 1.807) is 0 Å². The molecule has 5 heteroatoms. The fraction of sp³-hybridized carbons (Fsp3) is 0.762. The van der Waals surface area contributed by atoms with Crippen LogP contribution in [0.5, 0.6) is 0 Å². The molecule has 0 spiro atoms. The van der Waals surface area contributed by atoms with E-state index in [9.17, 15) is 15.3 Å². The van der Waals surface area contributed by atoms with E-state index in [1.165, 1.54) is 5.56 Å². The number of aromatic amines is 1. The number of hydrogen-bond acceptors (Lipinski definition) is 4. The molecule has 0 unspecified atom stereocenters. The predicted octanol–water partition coefficient (Wildman–Crippen LogP) is 2.08. The van der Waals surface area contributed by atoms with Crippen LogP contribution >= 0.6 is 0 Å². The Bertz CT molecular complexity index is 701. The van der Waals surface area contributed by atoms with E-state index in [0.29, 0.717) is 12.3 Å². The molecule has 0 radical (unpaired) electrons. The molecule has 7 atom stereocenters. The molecule has 1 aromatic heterocycles. The summed E-state index contributed by atoms with van der Waals surface area (Å²) in [4.78, 5) is 0. The van der Waals surface area contributed by atoms with E-state index >= 15 is 0 Å². The van der Waals surface area contributed by atoms with Crippen LogP contribution in [-0.4, -0.2) is 44.8 Å². The van der Waals surface area contributed by atoms with Crippen LogP contribution in [0, 0.1) is 34.5 Å². The normalized spacial score (nSPS) is 45.4. The zero-order valence-corrected chi connectivity index (χ0v) is 15.9. The lowest BCUT2D eigenvalue weighted by atomic mass is 9.49. The summed E-state index contributed by atoms with van der Waals surface area (Å²) >= 11 is 0. The summed E-state index contributed by atoms with van der Waals surface area (Å²) in [6.07, 6.45) is 5.88. The number of nitrogens with zero attached hydrogens (tertiary/aromatic N) is 1. The minimum Gasteiger partial charge on any atom is -0.396 e. The van der Waals surface area contributed by atoms with E-state index in [2.05, 4.69) is 30.6 Å². The molecule has 2 saturated carbocycles. The van der Waals surface area contributed by atoms with Crippen molar-refractivity contribution in [2.75, 3.05) is 13.2 Å². The number of aliphatic hydroxyl groups is 3. The van der Waals surface area contributed by atoms with Crippen LogP contribution in [-0.2, 0) is 12.8 Å². The highest BCUT2D eigenvalue weighted by Crippen LogP contribution is 2.62. The molecule has 0 aromatic carbocycles. The lowest BCUT2D eigenvalue weighted by Crippen LogP contribution is -2.52. The van der Waals surface area contributed by atoms with Gasteiger partial charge in [-0.15, -0.1) is 0 Å². The van der Waals surface area contributed by atoms with Gasteiger partial charge in [-0.2, -0.15) is 5.10 Å². The zero-order valence-electron chi connectivity index (χ0n) is 15.9. The first-order valence-electron chi connectivity index (χ1n) is 9.95. The van der Waals surface area contributed by atoms with Gasteiger partial charge in [0.05, 0.1) is 12.3 Å². The highest BCUT2D eigenvalue weighted by atomic mass is 16.3. The molecule has 144 valence electrons. The van der Waals surface area contributed by atoms with Crippen LogP contribution in [0.25, 0.3) is 0 Å². The number of H-pyrrole nitrogens is 1. The smallest absolute Gasteiger partial charge is 0.0756 e. The second-order valence-corrected chi connectivity index (χ2v) is 9.43. The van der Waals surface area contributed by atoms with Crippen molar-refractivity contribution in [1.82, 2.24) is 10.2 Å². The summed E-state index contributed by atoms with van der Waals surface area (Å²) in [5.74, 6) is 0.878. The SMILES string of the molecule is C=C1[C@@H](O)C[C@H]2[C@H](CO)[C@@H]([C@@]3(C)Cc4cn[nH]c4C[C@@H]3CO)CC[C@]12C. The minimum absolute atomic E-state index is 0.0742. The fourth-order valence-corrected chi connectivity index (χ4v) is 6.69. The molecule has 2 fully saturated rings. The molecule has 0 saturated heterocycles. The molecule has 4 rings (SSSR count). The van der Waals surface area contributed by atoms with Crippen molar-refractivity contribution in [3.05, 3.63) is 29.6 Å². The van der Waals surface area contributed by atoms with Gasteiger partial charge in [0.1, 0.15) is 0 Å². The molecule has 5 nitrogen and oxygen atoms in total. The number of aromatic nitrogens is 2. The lowest BCUT2D eigenvalue weighted by Gasteiger charge is -2.55. The molecule has 4 N–H and O–H groups in total. The number of aliphatic hydroxyl groups excluding tert-OH is 3. The number of fused-ring (bicyclic) bond motifs is 2. The largest absolute Gasteiger partial charge is 0.396 e. The van der Waals surface area contributed by atoms with Gasteiger partial charge in [0.2, 0.25) is 0 Å². The summed E-state index contributed by atoms with van der Waals surface area (Å²) in [5, 5.41) is 38.2. The van der Waals surface area contributed by atoms with Crippen LogP contribution < -0.4 is 0 Å². The Morgan fingerprint density at radius 2 is 2.04 bits per heavy atom. The molecular weight excluding hydrogens is 328 g/mol. The minimum atomic E-state index is -0.453. The Hall–Kier alpha value is -1.17. The van der Waals surface area contributed by atoms with Gasteiger partial charge in [-0.05, 0) is 77.7 Å². The Morgan fingerprint density at radius 3 is 2.73 bits per heavy atom. The van der Waals surface area contributed by atoms with Crippen LogP contribution in [0.3, 0.4) is 0 Å². The van der Waals surface area contributed by atoms with Crippen molar-refractivity contribution in [2.45, 2.75) is 52.1 Å². The Kier molecular flexibility index (Phi) is 4.33. The Balaban J connectivity index is 1.70. The Labute approximate surface area is 155 Å². The Morgan fingerprint density at radius 1 is 1.27 bits per heavy atom. The third-order valence-electron chi connectivity index (χ3n) is 8.48. The van der Waals surface area contributed by atoms with Crippen molar-refractivity contribution >= 4 is 0 Å². The first-order valence-corrected chi connectivity index (χ1v) is 9.95. The first-order chi connectivity index (χ1) is 12.3. The van der Waals surface area contributed by atoms with Crippen molar-refractivity contribution in [1.29, 1.82) is 0 Å². The highest BCUT2D eigenvalue weighted by molar-refractivity contribution is 5.28. The number of nitrogens with one attached hydrogen (secondary N) is 1. The third-order valence-corrected chi connectivity index (χ3v) is 8.48. The molecule has 1 aromatic rings. The van der Waals surface area contributed by atoms with E-state index in [-0.39, 0.29) is 41.8 Å². The van der Waals surface area contributed by atoms with Crippen molar-refractivity contribution in [2.24, 2.45) is 34.5 Å². The van der Waals surface area contributed by atoms with Gasteiger partial charge in [0.25, 0.3) is 0 Å². The summed E-state index contributed by atoms with van der Waals surface area (Å²) in [7, 11) is 0. The van der Waals surface area contributed by atoms with E-state index < -0.39 is 6.10 Å². The van der Waals surface area contributed by atoms with E-state index in [1.807, 2.05) is 6.20 Å². The molecule has 26 heavy (non-hydrogen) atoms. The molecule has 0 amide bonds. The van der Waals surface area contributed by atoms with Crippen LogP contribution in [0.15, 0.2) is 18.3 Å². The maximum absolute atomic E-state index is 10.4. The van der Waals surface area contributed by atoms with Crippen LogP contribution in [0.1, 0.15) is 44.4 Å². The van der Waals surface area contributed by atoms with Crippen molar-refractivity contribution in [3.8, 4) is 0 Å². The highest BCUT2D eigenvalue weighted by Gasteiger charge is 2.58. The fourth-order valence-electron chi connectivity index (χ4n) is 6.69. The molecule has 3 aliphatic carbocycles. The van der Waals surface area contributed by atoms with Crippen LogP contribution in [0.4, 0.5) is 0 Å². The summed E-state index contributed by atoms with van der Waals surface area (Å²) in [6.45, 7) is 8.98. The monoisotopic (exact) mass is 360 g/mol. The number of hydrogen-bond donors (Lipinski definition) is 4. The second kappa shape index (κ2) is 6.18. The summed E-state index contributed by atoms with van der Waals surface area (Å²) in [5.41, 5.74) is 3.19. The predicted molar refractivity (Wildman–Crippen MR) is 99.3 cm³/mol. The molecule has 0 bridgehead atoms. The molecule has 3 aliphatic rings. The van der Waals surface area contributed by atoms with Gasteiger partial charge in [-0.25, -0.2) is 0 Å². The zero-order chi connectivity index (χ0) is 18.7. The van der Waals surface area contributed by atoms with E-state index in [4.69, 9.17) is 0 Å². The molecule has 1 heterocycles. The van der Waals surface area contributed by atoms with Gasteiger partial charge in [0.15, 0.2) is 0 Å². The molecule has 0 aliphatic heterocycles. The quantitative estimate of drug-likeness (QED) is 0.622. The standard InChI is InChI=1S/C21H32N2O3/c1-12-19(26)7-17-15(11-25)16(4-5-20(12,17)2)21(3)8-13-9-22-23-18(13)6-14(21)10-24/h9,14-17,19,24-26H,1,4-8,10-11H2,2-3H3,(H,22,23)/t14-,15-,16+,17+,19+,20-,21+/m1/s1. The molecular formula is C21H32N2O3. The topological polar surface area (TPSA) is 89.4 Å². The summed E-state index contributed by atoms with van der Waals surface area (Å²) < 4.78 is 0. The van der Waals surface area contributed by atoms with E-state index in [0.717, 1.165) is 37.0 Å². The van der Waals surface area contributed by atoms with Crippen molar-refractivity contribution < 1.29 is 15.3 Å². The summed E-state index contributed by atoms with van der Waals surface area (Å²) in [6, 6.07) is 0. The average molecular weight is 360 g/mol. The van der Waals surface area contributed by atoms with Gasteiger partial charge in [-0.3, -0.25) is 5.10 Å². The second-order valence-electron chi connectivity index (χ2n) is 9.43. The van der Waals surface area contributed by atoms with Crippen LogP contribution in [0.2, 0.25) is 0 Å². The van der Waals surface area contributed by atoms with Gasteiger partial charge in [0, 0.05) is 18.9 Å². The first kappa shape index (κ1) is 18.2. The van der Waals surface area contributed by atoms with Gasteiger partial charge in [-0.1, -0.05) is 20.4 Å². The maximum Gasteiger partial charge on any atom is 0.0756 e. The number of rotatable bonds is 3. The van der Waals surface area contributed by atoms with Gasteiger partial charge < -0.3 is 15.3 Å². The lowest BCUT2D eigenvalue weighted by molar-refractivity contribution is -0.0744.